The summed E-state index contributed by atoms with van der Waals surface area (Å²) in [4.78, 5) is 16.7. The Hall–Kier alpha value is -3.09. The number of furan rings is 1. The van der Waals surface area contributed by atoms with Crippen molar-refractivity contribution in [3.63, 3.8) is 0 Å². The van der Waals surface area contributed by atoms with E-state index < -0.39 is 0 Å². The summed E-state index contributed by atoms with van der Waals surface area (Å²) in [6.07, 6.45) is 1.48. The summed E-state index contributed by atoms with van der Waals surface area (Å²) in [5.74, 6) is 2.17. The van der Waals surface area contributed by atoms with Gasteiger partial charge in [-0.15, -0.1) is 0 Å². The van der Waals surface area contributed by atoms with Gasteiger partial charge in [0.2, 0.25) is 0 Å². The van der Waals surface area contributed by atoms with Crippen molar-refractivity contribution in [3.05, 3.63) is 65.1 Å². The van der Waals surface area contributed by atoms with E-state index in [2.05, 4.69) is 20.5 Å². The Balaban J connectivity index is 1.64. The lowest BCUT2D eigenvalue weighted by atomic mass is 10.2. The molecular weight excluding hydrogens is 320 g/mol. The molecule has 3 aromatic rings. The highest BCUT2D eigenvalue weighted by atomic mass is 16.5. The Morgan fingerprint density at radius 1 is 1.28 bits per heavy atom. The molecule has 0 saturated carbocycles. The molecule has 1 aromatic carbocycles. The first-order chi connectivity index (χ1) is 12.0. The minimum Gasteiger partial charge on any atom is -0.486 e. The van der Waals surface area contributed by atoms with Crippen molar-refractivity contribution in [1.29, 1.82) is 0 Å². The van der Waals surface area contributed by atoms with Gasteiger partial charge in [-0.05, 0) is 39.0 Å². The molecule has 1 amide bonds. The van der Waals surface area contributed by atoms with Gasteiger partial charge in [0.05, 0.1) is 17.9 Å². The molecular formula is C18H20N4O3. The second-order valence-electron chi connectivity index (χ2n) is 5.83. The first-order valence-electron chi connectivity index (χ1n) is 7.98. The second-order valence-corrected chi connectivity index (χ2v) is 5.83. The van der Waals surface area contributed by atoms with E-state index in [1.165, 1.54) is 6.26 Å². The van der Waals surface area contributed by atoms with Gasteiger partial charge in [0.1, 0.15) is 18.2 Å². The molecule has 7 heteroatoms. The lowest BCUT2D eigenvalue weighted by molar-refractivity contribution is 0.0934. The van der Waals surface area contributed by atoms with Crippen LogP contribution < -0.4 is 10.1 Å². The fourth-order valence-corrected chi connectivity index (χ4v) is 2.33. The molecule has 2 aromatic heterocycles. The number of aromatic amines is 1. The molecule has 2 N–H and O–H groups in total. The van der Waals surface area contributed by atoms with Crippen LogP contribution in [0.1, 0.15) is 46.3 Å². The first-order valence-corrected chi connectivity index (χ1v) is 7.98. The number of amides is 1. The van der Waals surface area contributed by atoms with Crippen LogP contribution >= 0.6 is 0 Å². The van der Waals surface area contributed by atoms with Gasteiger partial charge in [0.15, 0.2) is 11.6 Å². The van der Waals surface area contributed by atoms with Crippen LogP contribution in [0.3, 0.4) is 0 Å². The predicted molar refractivity (Wildman–Crippen MR) is 91.2 cm³/mol. The zero-order valence-electron chi connectivity index (χ0n) is 14.4. The molecule has 3 rings (SSSR count). The third-order valence-electron chi connectivity index (χ3n) is 3.73. The predicted octanol–water partition coefficient (Wildman–Crippen LogP) is 3.08. The number of benzene rings is 1. The largest absolute Gasteiger partial charge is 0.486 e. The third kappa shape index (κ3) is 4.06. The van der Waals surface area contributed by atoms with E-state index >= 15 is 0 Å². The van der Waals surface area contributed by atoms with Crippen LogP contribution in [0.15, 0.2) is 41.0 Å². The van der Waals surface area contributed by atoms with E-state index in [-0.39, 0.29) is 18.6 Å². The molecule has 0 unspecified atom stereocenters. The number of carbonyl (C=O) groups is 1. The van der Waals surface area contributed by atoms with Crippen LogP contribution in [0.4, 0.5) is 0 Å². The minimum absolute atomic E-state index is 0.174. The van der Waals surface area contributed by atoms with Crippen LogP contribution in [0.25, 0.3) is 0 Å². The number of aryl methyl sites for hydroxylation is 2. The average molecular weight is 340 g/mol. The van der Waals surface area contributed by atoms with Crippen molar-refractivity contribution in [3.8, 4) is 5.75 Å². The molecule has 1 atom stereocenters. The average Bonchev–Trinajstić information content (AvgIpc) is 3.23. The van der Waals surface area contributed by atoms with Crippen LogP contribution in [-0.2, 0) is 6.61 Å². The van der Waals surface area contributed by atoms with Crippen molar-refractivity contribution in [2.24, 2.45) is 0 Å². The molecule has 0 fully saturated rings. The van der Waals surface area contributed by atoms with Crippen molar-refractivity contribution in [2.45, 2.75) is 33.4 Å². The lowest BCUT2D eigenvalue weighted by Crippen LogP contribution is -2.28. The zero-order valence-corrected chi connectivity index (χ0v) is 14.4. The minimum atomic E-state index is -0.321. The summed E-state index contributed by atoms with van der Waals surface area (Å²) >= 11 is 0. The summed E-state index contributed by atoms with van der Waals surface area (Å²) in [5.41, 5.74) is 1.59. The topological polar surface area (TPSA) is 93.0 Å². The zero-order chi connectivity index (χ0) is 17.8. The normalized spacial score (nSPS) is 12.0. The van der Waals surface area contributed by atoms with Crippen LogP contribution in [0, 0.1) is 13.8 Å². The van der Waals surface area contributed by atoms with Gasteiger partial charge >= 0.3 is 0 Å². The van der Waals surface area contributed by atoms with Gasteiger partial charge in [-0.2, -0.15) is 5.10 Å². The molecule has 0 spiro atoms. The van der Waals surface area contributed by atoms with Gasteiger partial charge in [-0.3, -0.25) is 9.89 Å². The van der Waals surface area contributed by atoms with Crippen LogP contribution in [0.5, 0.6) is 5.75 Å². The maximum absolute atomic E-state index is 12.5. The molecule has 7 nitrogen and oxygen atoms in total. The summed E-state index contributed by atoms with van der Waals surface area (Å²) in [6, 6.07) is 8.99. The Kier molecular flexibility index (Phi) is 4.83. The number of aromatic nitrogens is 3. The Morgan fingerprint density at radius 3 is 2.72 bits per heavy atom. The fraction of sp³-hybridized carbons (Fsp3) is 0.278. The summed E-state index contributed by atoms with van der Waals surface area (Å²) in [6.45, 7) is 5.81. The third-order valence-corrected chi connectivity index (χ3v) is 3.73. The summed E-state index contributed by atoms with van der Waals surface area (Å²) in [7, 11) is 0. The van der Waals surface area contributed by atoms with E-state index in [9.17, 15) is 4.79 Å². The second kappa shape index (κ2) is 7.21. The Bertz CT molecular complexity index is 851. The summed E-state index contributed by atoms with van der Waals surface area (Å²) < 4.78 is 11.1. The number of ether oxygens (including phenoxy) is 1. The SMILES string of the molecule is Cc1ccc(OCc2occc2C(=O)N[C@H](C)c2n[nH]c(C)n2)cc1. The number of rotatable bonds is 6. The first kappa shape index (κ1) is 16.8. The van der Waals surface area contributed by atoms with Gasteiger partial charge in [-0.25, -0.2) is 4.98 Å². The smallest absolute Gasteiger partial charge is 0.255 e. The summed E-state index contributed by atoms with van der Waals surface area (Å²) in [5, 5.41) is 9.68. The maximum Gasteiger partial charge on any atom is 0.255 e. The molecule has 0 radical (unpaired) electrons. The van der Waals surface area contributed by atoms with Gasteiger partial charge in [-0.1, -0.05) is 17.7 Å². The Labute approximate surface area is 145 Å². The standard InChI is InChI=1S/C18H20N4O3/c1-11-4-6-14(7-5-11)25-10-16-15(8-9-24-16)18(23)19-12(2)17-20-13(3)21-22-17/h4-9,12H,10H2,1-3H3,(H,19,23)(H,20,21,22)/t12-/m1/s1. The Morgan fingerprint density at radius 2 is 2.04 bits per heavy atom. The number of hydrogen-bond acceptors (Lipinski definition) is 5. The molecule has 0 bridgehead atoms. The number of H-pyrrole nitrogens is 1. The quantitative estimate of drug-likeness (QED) is 0.719. The van der Waals surface area contributed by atoms with E-state index in [1.807, 2.05) is 45.0 Å². The molecule has 2 heterocycles. The highest BCUT2D eigenvalue weighted by molar-refractivity contribution is 5.95. The van der Waals surface area contributed by atoms with E-state index in [4.69, 9.17) is 9.15 Å². The molecule has 25 heavy (non-hydrogen) atoms. The number of hydrogen-bond donors (Lipinski definition) is 2. The van der Waals surface area contributed by atoms with Crippen molar-refractivity contribution < 1.29 is 13.9 Å². The number of carbonyl (C=O) groups excluding carboxylic acids is 1. The van der Waals surface area contributed by atoms with Crippen molar-refractivity contribution in [1.82, 2.24) is 20.5 Å². The molecule has 0 aliphatic carbocycles. The van der Waals surface area contributed by atoms with Gasteiger partial charge < -0.3 is 14.5 Å². The van der Waals surface area contributed by atoms with E-state index in [1.54, 1.807) is 6.07 Å². The van der Waals surface area contributed by atoms with Crippen LogP contribution in [-0.4, -0.2) is 21.1 Å². The number of nitrogens with zero attached hydrogens (tertiary/aromatic N) is 2. The molecule has 0 saturated heterocycles. The monoisotopic (exact) mass is 340 g/mol. The maximum atomic E-state index is 12.5. The fourth-order valence-electron chi connectivity index (χ4n) is 2.33. The number of nitrogens with one attached hydrogen (secondary N) is 2. The van der Waals surface area contributed by atoms with Gasteiger partial charge in [0.25, 0.3) is 5.91 Å². The van der Waals surface area contributed by atoms with E-state index in [0.29, 0.717) is 23.0 Å². The van der Waals surface area contributed by atoms with Crippen LogP contribution in [0.2, 0.25) is 0 Å². The highest BCUT2D eigenvalue weighted by Gasteiger charge is 2.19. The lowest BCUT2D eigenvalue weighted by Gasteiger charge is -2.11. The van der Waals surface area contributed by atoms with E-state index in [0.717, 1.165) is 11.3 Å². The van der Waals surface area contributed by atoms with Crippen molar-refractivity contribution >= 4 is 5.91 Å². The molecule has 0 aliphatic heterocycles. The molecule has 0 aliphatic rings. The van der Waals surface area contributed by atoms with Gasteiger partial charge in [0, 0.05) is 0 Å². The molecule has 130 valence electrons. The van der Waals surface area contributed by atoms with Crippen molar-refractivity contribution in [2.75, 3.05) is 0 Å². The highest BCUT2D eigenvalue weighted by Crippen LogP contribution is 2.17.